The molecule has 0 unspecified atom stereocenters. The number of nitrogens with zero attached hydrogens (tertiary/aromatic N) is 3. The van der Waals surface area contributed by atoms with Crippen molar-refractivity contribution in [1.82, 2.24) is 25.1 Å². The van der Waals surface area contributed by atoms with Gasteiger partial charge >= 0.3 is 0 Å². The molecule has 10 heteroatoms. The topological polar surface area (TPSA) is 113 Å². The lowest BCUT2D eigenvalue weighted by molar-refractivity contribution is 0.584. The average molecular weight is 350 g/mol. The van der Waals surface area contributed by atoms with E-state index in [1.807, 2.05) is 0 Å². The first-order chi connectivity index (χ1) is 11.1. The Hall–Kier alpha value is -2.30. The lowest BCUT2D eigenvalue weighted by Gasteiger charge is -2.12. The van der Waals surface area contributed by atoms with E-state index < -0.39 is 10.0 Å². The molecule has 0 atom stereocenters. The number of hydrogen-bond donors (Lipinski definition) is 3. The normalized spacial score (nSPS) is 11.5. The quantitative estimate of drug-likeness (QED) is 0.626. The molecule has 3 rings (SSSR count). The van der Waals surface area contributed by atoms with E-state index in [0.717, 1.165) is 4.88 Å². The maximum absolute atomic E-state index is 12.5. The molecule has 3 N–H and O–H groups in total. The molecule has 0 bridgehead atoms. The maximum Gasteiger partial charge on any atom is 0.241 e. The largest absolute Gasteiger partial charge is 0.337 e. The van der Waals surface area contributed by atoms with Crippen LogP contribution in [0.2, 0.25) is 0 Å². The molecule has 0 radical (unpaired) electrons. The van der Waals surface area contributed by atoms with Crippen molar-refractivity contribution in [1.29, 1.82) is 0 Å². The maximum atomic E-state index is 12.5. The van der Waals surface area contributed by atoms with Crippen LogP contribution in [0.3, 0.4) is 0 Å². The Balaban J connectivity index is 2.07. The summed E-state index contributed by atoms with van der Waals surface area (Å²) in [6.45, 7) is 2.05. The molecular weight excluding hydrogens is 336 g/mol. The Morgan fingerprint density at radius 3 is 2.83 bits per heavy atom. The number of benzene rings is 1. The number of H-pyrrole nitrogens is 1. The molecule has 0 saturated carbocycles. The molecule has 0 aliphatic heterocycles. The fraction of sp³-hybridized carbons (Fsp3) is 0.154. The third-order valence-electron chi connectivity index (χ3n) is 2.99. The Kier molecular flexibility index (Phi) is 4.37. The van der Waals surface area contributed by atoms with Crippen LogP contribution in [0.1, 0.15) is 6.92 Å². The van der Waals surface area contributed by atoms with E-state index in [4.69, 9.17) is 0 Å². The van der Waals surface area contributed by atoms with Gasteiger partial charge in [-0.1, -0.05) is 13.0 Å². The summed E-state index contributed by atoms with van der Waals surface area (Å²) >= 11 is 1.38. The highest BCUT2D eigenvalue weighted by Crippen LogP contribution is 2.32. The first kappa shape index (κ1) is 15.6. The second-order valence-corrected chi connectivity index (χ2v) is 7.18. The van der Waals surface area contributed by atoms with Gasteiger partial charge in [-0.2, -0.15) is 10.3 Å². The Bertz CT molecular complexity index is 875. The molecule has 0 aliphatic rings. The number of nitrogens with one attached hydrogen (secondary N) is 3. The zero-order valence-electron chi connectivity index (χ0n) is 12.1. The predicted octanol–water partition coefficient (Wildman–Crippen LogP) is 1.97. The van der Waals surface area contributed by atoms with E-state index in [1.54, 1.807) is 36.8 Å². The molecule has 0 saturated heterocycles. The molecule has 0 spiro atoms. The van der Waals surface area contributed by atoms with E-state index in [-0.39, 0.29) is 4.90 Å². The van der Waals surface area contributed by atoms with Crippen LogP contribution in [0, 0.1) is 0 Å². The second-order valence-electron chi connectivity index (χ2n) is 4.56. The van der Waals surface area contributed by atoms with Crippen molar-refractivity contribution >= 4 is 32.9 Å². The predicted molar refractivity (Wildman–Crippen MR) is 88.1 cm³/mol. The third kappa shape index (κ3) is 3.38. The average Bonchev–Trinajstić information content (AvgIpc) is 3.20. The van der Waals surface area contributed by atoms with Crippen LogP contribution >= 0.6 is 11.3 Å². The number of anilines is 2. The van der Waals surface area contributed by atoms with Crippen LogP contribution in [-0.2, 0) is 10.0 Å². The SMILES string of the molecule is CCNS(=O)(=O)c1cc(Nc2cn[nH]n2)ccc1-c1cncs1. The van der Waals surface area contributed by atoms with Gasteiger partial charge in [0.25, 0.3) is 0 Å². The Morgan fingerprint density at radius 2 is 2.17 bits per heavy atom. The summed E-state index contributed by atoms with van der Waals surface area (Å²) in [7, 11) is -3.62. The van der Waals surface area contributed by atoms with E-state index in [2.05, 4.69) is 30.4 Å². The van der Waals surface area contributed by atoms with Crippen LogP contribution in [0.25, 0.3) is 10.4 Å². The molecule has 3 aromatic rings. The molecule has 0 fully saturated rings. The fourth-order valence-corrected chi connectivity index (χ4v) is 4.06. The number of aromatic nitrogens is 4. The Labute approximate surface area is 137 Å². The molecule has 0 aliphatic carbocycles. The lowest BCUT2D eigenvalue weighted by Crippen LogP contribution is -2.23. The molecule has 120 valence electrons. The summed E-state index contributed by atoms with van der Waals surface area (Å²) < 4.78 is 27.5. The number of sulfonamides is 1. The van der Waals surface area contributed by atoms with Crippen molar-refractivity contribution in [2.45, 2.75) is 11.8 Å². The van der Waals surface area contributed by atoms with E-state index in [9.17, 15) is 8.42 Å². The minimum Gasteiger partial charge on any atom is -0.337 e. The monoisotopic (exact) mass is 350 g/mol. The first-order valence-electron chi connectivity index (χ1n) is 6.75. The molecular formula is C13H14N6O2S2. The minimum absolute atomic E-state index is 0.192. The number of thiazole rings is 1. The van der Waals surface area contributed by atoms with Gasteiger partial charge in [0, 0.05) is 24.0 Å². The van der Waals surface area contributed by atoms with Crippen molar-refractivity contribution < 1.29 is 8.42 Å². The zero-order valence-corrected chi connectivity index (χ0v) is 13.8. The van der Waals surface area contributed by atoms with Crippen molar-refractivity contribution in [3.05, 3.63) is 36.1 Å². The molecule has 2 aromatic heterocycles. The van der Waals surface area contributed by atoms with Gasteiger partial charge in [-0.05, 0) is 12.1 Å². The molecule has 8 nitrogen and oxygen atoms in total. The van der Waals surface area contributed by atoms with Gasteiger partial charge < -0.3 is 5.32 Å². The third-order valence-corrected chi connectivity index (χ3v) is 5.38. The highest BCUT2D eigenvalue weighted by atomic mass is 32.2. The summed E-state index contributed by atoms with van der Waals surface area (Å²) in [6, 6.07) is 5.11. The molecule has 2 heterocycles. The smallest absolute Gasteiger partial charge is 0.241 e. The van der Waals surface area contributed by atoms with Gasteiger partial charge in [-0.3, -0.25) is 4.98 Å². The van der Waals surface area contributed by atoms with Gasteiger partial charge in [0.1, 0.15) is 0 Å². The van der Waals surface area contributed by atoms with Crippen molar-refractivity contribution in [3.8, 4) is 10.4 Å². The van der Waals surface area contributed by atoms with E-state index in [1.165, 1.54) is 17.5 Å². The summed E-state index contributed by atoms with van der Waals surface area (Å²) in [5, 5.41) is 13.1. The first-order valence-corrected chi connectivity index (χ1v) is 9.12. The fourth-order valence-electron chi connectivity index (χ4n) is 2.05. The summed E-state index contributed by atoms with van der Waals surface area (Å²) in [5.74, 6) is 0.502. The summed E-state index contributed by atoms with van der Waals surface area (Å²) in [6.07, 6.45) is 3.16. The van der Waals surface area contributed by atoms with Gasteiger partial charge in [-0.25, -0.2) is 13.1 Å². The highest BCUT2D eigenvalue weighted by Gasteiger charge is 2.20. The standard InChI is InChI=1S/C13H14N6O2S2/c1-2-16-23(20,21)12-5-9(17-13-7-15-19-18-13)3-4-10(12)11-6-14-8-22-11/h3-8,16H,2H2,1H3,(H2,15,17,18,19). The van der Waals surface area contributed by atoms with Crippen LogP contribution < -0.4 is 10.0 Å². The van der Waals surface area contributed by atoms with E-state index >= 15 is 0 Å². The number of hydrogen-bond acceptors (Lipinski definition) is 7. The minimum atomic E-state index is -3.62. The van der Waals surface area contributed by atoms with Gasteiger partial charge in [0.2, 0.25) is 10.0 Å². The van der Waals surface area contributed by atoms with Crippen LogP contribution in [0.5, 0.6) is 0 Å². The summed E-state index contributed by atoms with van der Waals surface area (Å²) in [5.41, 5.74) is 2.88. The second kappa shape index (κ2) is 6.44. The lowest BCUT2D eigenvalue weighted by atomic mass is 10.2. The van der Waals surface area contributed by atoms with Crippen molar-refractivity contribution in [2.75, 3.05) is 11.9 Å². The molecule has 0 amide bonds. The molecule has 23 heavy (non-hydrogen) atoms. The highest BCUT2D eigenvalue weighted by molar-refractivity contribution is 7.89. The van der Waals surface area contributed by atoms with Gasteiger partial charge in [0.05, 0.1) is 21.5 Å². The molecule has 1 aromatic carbocycles. The van der Waals surface area contributed by atoms with Crippen LogP contribution in [0.4, 0.5) is 11.5 Å². The van der Waals surface area contributed by atoms with Crippen LogP contribution in [-0.4, -0.2) is 35.4 Å². The van der Waals surface area contributed by atoms with Crippen LogP contribution in [0.15, 0.2) is 41.0 Å². The van der Waals surface area contributed by atoms with Crippen molar-refractivity contribution in [2.24, 2.45) is 0 Å². The Morgan fingerprint density at radius 1 is 1.30 bits per heavy atom. The number of rotatable bonds is 6. The van der Waals surface area contributed by atoms with Gasteiger partial charge in [-0.15, -0.1) is 16.4 Å². The number of aromatic amines is 1. The van der Waals surface area contributed by atoms with E-state index in [0.29, 0.717) is 23.6 Å². The zero-order chi connectivity index (χ0) is 16.3. The van der Waals surface area contributed by atoms with Crippen molar-refractivity contribution in [3.63, 3.8) is 0 Å². The summed E-state index contributed by atoms with van der Waals surface area (Å²) in [4.78, 5) is 4.99. The van der Waals surface area contributed by atoms with Gasteiger partial charge in [0.15, 0.2) is 5.82 Å².